The molecule has 0 amide bonds. The molecule has 0 aliphatic carbocycles. The standard InChI is InChI=1S/C12H5Cl2F2/c13-7-4-5-8(11(16)6-7)12-9(14)2-1-3-10(12)15/h1-2,4-6H. The second-order valence-corrected chi connectivity index (χ2v) is 3.98. The molecule has 2 rings (SSSR count). The first kappa shape index (κ1) is 11.4. The Kier molecular flexibility index (Phi) is 3.13. The zero-order valence-corrected chi connectivity index (χ0v) is 9.41. The molecule has 0 aromatic heterocycles. The molecule has 0 aliphatic heterocycles. The van der Waals surface area contributed by atoms with Gasteiger partial charge < -0.3 is 0 Å². The first-order valence-electron chi connectivity index (χ1n) is 4.40. The maximum Gasteiger partial charge on any atom is 0.140 e. The van der Waals surface area contributed by atoms with Gasteiger partial charge in [-0.2, -0.15) is 0 Å². The molecule has 1 radical (unpaired) electrons. The van der Waals surface area contributed by atoms with Crippen LogP contribution in [0.25, 0.3) is 11.1 Å². The van der Waals surface area contributed by atoms with E-state index in [1.165, 1.54) is 24.3 Å². The second kappa shape index (κ2) is 4.40. The Bertz CT molecular complexity index is 518. The van der Waals surface area contributed by atoms with Crippen LogP contribution >= 0.6 is 23.2 Å². The normalized spacial score (nSPS) is 10.5. The van der Waals surface area contributed by atoms with Gasteiger partial charge in [-0.25, -0.2) is 8.78 Å². The summed E-state index contributed by atoms with van der Waals surface area (Å²) < 4.78 is 27.0. The lowest BCUT2D eigenvalue weighted by atomic mass is 10.0. The maximum atomic E-state index is 13.6. The third-order valence-electron chi connectivity index (χ3n) is 2.10. The summed E-state index contributed by atoms with van der Waals surface area (Å²) in [6.07, 6.45) is 0. The highest BCUT2D eigenvalue weighted by Crippen LogP contribution is 2.32. The summed E-state index contributed by atoms with van der Waals surface area (Å²) in [7, 11) is 0. The fraction of sp³-hybridized carbons (Fsp3) is 0. The smallest absolute Gasteiger partial charge is 0.140 e. The number of hydrogen-bond acceptors (Lipinski definition) is 0. The van der Waals surface area contributed by atoms with Gasteiger partial charge in [-0.15, -0.1) is 0 Å². The van der Waals surface area contributed by atoms with Crippen LogP contribution in [-0.2, 0) is 0 Å². The SMILES string of the molecule is Fc1[c]ccc(Cl)c1-c1ccc(Cl)cc1F. The Labute approximate surface area is 101 Å². The third kappa shape index (κ3) is 2.04. The van der Waals surface area contributed by atoms with E-state index >= 15 is 0 Å². The number of hydrogen-bond donors (Lipinski definition) is 0. The van der Waals surface area contributed by atoms with E-state index in [9.17, 15) is 8.78 Å². The predicted octanol–water partition coefficient (Wildman–Crippen LogP) is 4.74. The van der Waals surface area contributed by atoms with E-state index in [-0.39, 0.29) is 21.2 Å². The van der Waals surface area contributed by atoms with Crippen molar-refractivity contribution < 1.29 is 8.78 Å². The van der Waals surface area contributed by atoms with Crippen LogP contribution in [0.2, 0.25) is 10.0 Å². The molecule has 0 atom stereocenters. The molecule has 0 saturated carbocycles. The van der Waals surface area contributed by atoms with E-state index in [0.717, 1.165) is 6.07 Å². The van der Waals surface area contributed by atoms with Gasteiger partial charge in [0.1, 0.15) is 11.6 Å². The van der Waals surface area contributed by atoms with Gasteiger partial charge in [0, 0.05) is 22.2 Å². The highest BCUT2D eigenvalue weighted by molar-refractivity contribution is 6.33. The fourth-order valence-corrected chi connectivity index (χ4v) is 1.79. The molecule has 2 aromatic rings. The van der Waals surface area contributed by atoms with Crippen molar-refractivity contribution in [3.63, 3.8) is 0 Å². The summed E-state index contributed by atoms with van der Waals surface area (Å²) in [5.74, 6) is -1.30. The highest BCUT2D eigenvalue weighted by atomic mass is 35.5. The van der Waals surface area contributed by atoms with Crippen molar-refractivity contribution in [3.8, 4) is 11.1 Å². The van der Waals surface area contributed by atoms with Crippen LogP contribution in [0.1, 0.15) is 0 Å². The Morgan fingerprint density at radius 3 is 2.44 bits per heavy atom. The summed E-state index contributed by atoms with van der Waals surface area (Å²) in [4.78, 5) is 0. The van der Waals surface area contributed by atoms with Gasteiger partial charge in [0.15, 0.2) is 0 Å². The molecule has 16 heavy (non-hydrogen) atoms. The summed E-state index contributed by atoms with van der Waals surface area (Å²) >= 11 is 11.4. The first-order valence-corrected chi connectivity index (χ1v) is 5.16. The van der Waals surface area contributed by atoms with Gasteiger partial charge in [-0.05, 0) is 30.3 Å². The molecular formula is C12H5Cl2F2. The molecule has 4 heteroatoms. The van der Waals surface area contributed by atoms with Gasteiger partial charge >= 0.3 is 0 Å². The Balaban J connectivity index is 2.68. The van der Waals surface area contributed by atoms with E-state index < -0.39 is 11.6 Å². The van der Waals surface area contributed by atoms with Crippen molar-refractivity contribution in [1.29, 1.82) is 0 Å². The third-order valence-corrected chi connectivity index (χ3v) is 2.65. The van der Waals surface area contributed by atoms with Gasteiger partial charge in [-0.1, -0.05) is 23.2 Å². The van der Waals surface area contributed by atoms with Crippen molar-refractivity contribution in [2.45, 2.75) is 0 Å². The van der Waals surface area contributed by atoms with Crippen molar-refractivity contribution in [3.05, 3.63) is 58.1 Å². The summed E-state index contributed by atoms with van der Waals surface area (Å²) in [6.45, 7) is 0. The summed E-state index contributed by atoms with van der Waals surface area (Å²) in [5, 5.41) is 0.384. The fourth-order valence-electron chi connectivity index (χ4n) is 1.39. The molecule has 0 saturated heterocycles. The van der Waals surface area contributed by atoms with Gasteiger partial charge in [0.2, 0.25) is 0 Å². The lowest BCUT2D eigenvalue weighted by Gasteiger charge is -2.07. The minimum atomic E-state index is -0.686. The number of rotatable bonds is 1. The first-order chi connectivity index (χ1) is 7.59. The van der Waals surface area contributed by atoms with Crippen LogP contribution in [0.4, 0.5) is 8.78 Å². The average Bonchev–Trinajstić information content (AvgIpc) is 2.20. The van der Waals surface area contributed by atoms with Crippen molar-refractivity contribution in [2.24, 2.45) is 0 Å². The molecule has 0 N–H and O–H groups in total. The van der Waals surface area contributed by atoms with Crippen molar-refractivity contribution in [2.75, 3.05) is 0 Å². The Morgan fingerprint density at radius 1 is 1.06 bits per heavy atom. The summed E-state index contributed by atoms with van der Waals surface area (Å²) in [5.41, 5.74) is 0.0714. The van der Waals surface area contributed by atoms with Gasteiger partial charge in [0.25, 0.3) is 0 Å². The molecular weight excluding hydrogens is 253 g/mol. The van der Waals surface area contributed by atoms with E-state index in [2.05, 4.69) is 6.07 Å². The van der Waals surface area contributed by atoms with Crippen LogP contribution in [0.15, 0.2) is 30.3 Å². The monoisotopic (exact) mass is 257 g/mol. The van der Waals surface area contributed by atoms with E-state index in [1.807, 2.05) is 0 Å². The molecule has 0 unspecified atom stereocenters. The minimum Gasteiger partial charge on any atom is -0.206 e. The molecule has 0 heterocycles. The van der Waals surface area contributed by atoms with E-state index in [0.29, 0.717) is 0 Å². The van der Waals surface area contributed by atoms with E-state index in [4.69, 9.17) is 23.2 Å². The highest BCUT2D eigenvalue weighted by Gasteiger charge is 2.13. The maximum absolute atomic E-state index is 13.6. The minimum absolute atomic E-state index is 0.00154. The average molecular weight is 258 g/mol. The zero-order valence-electron chi connectivity index (χ0n) is 7.90. The molecule has 2 aromatic carbocycles. The zero-order chi connectivity index (χ0) is 11.7. The van der Waals surface area contributed by atoms with Crippen LogP contribution in [0.5, 0.6) is 0 Å². The van der Waals surface area contributed by atoms with E-state index in [1.54, 1.807) is 0 Å². The Hall–Kier alpha value is -1.12. The van der Waals surface area contributed by atoms with Crippen LogP contribution in [0.3, 0.4) is 0 Å². The van der Waals surface area contributed by atoms with Crippen LogP contribution < -0.4 is 0 Å². The quantitative estimate of drug-likeness (QED) is 0.693. The van der Waals surface area contributed by atoms with Crippen LogP contribution in [-0.4, -0.2) is 0 Å². The molecule has 0 bridgehead atoms. The molecule has 0 spiro atoms. The molecule has 0 fully saturated rings. The molecule has 0 nitrogen and oxygen atoms in total. The Morgan fingerprint density at radius 2 is 1.81 bits per heavy atom. The predicted molar refractivity (Wildman–Crippen MR) is 60.7 cm³/mol. The van der Waals surface area contributed by atoms with Crippen molar-refractivity contribution in [1.82, 2.24) is 0 Å². The lowest BCUT2D eigenvalue weighted by Crippen LogP contribution is -1.90. The van der Waals surface area contributed by atoms with Crippen LogP contribution in [0, 0.1) is 17.7 Å². The largest absolute Gasteiger partial charge is 0.206 e. The molecule has 0 aliphatic rings. The summed E-state index contributed by atoms with van der Waals surface area (Å²) in [6, 6.07) is 9.10. The van der Waals surface area contributed by atoms with Gasteiger partial charge in [0.05, 0.1) is 5.02 Å². The van der Waals surface area contributed by atoms with Gasteiger partial charge in [-0.3, -0.25) is 0 Å². The number of benzene rings is 2. The van der Waals surface area contributed by atoms with Crippen molar-refractivity contribution >= 4 is 23.2 Å². The topological polar surface area (TPSA) is 0 Å². The molecule has 81 valence electrons. The second-order valence-electron chi connectivity index (χ2n) is 3.14. The lowest BCUT2D eigenvalue weighted by molar-refractivity contribution is 0.615. The number of halogens is 4.